The van der Waals surface area contributed by atoms with Crippen LogP contribution in [0.2, 0.25) is 0 Å². The van der Waals surface area contributed by atoms with Crippen molar-refractivity contribution in [3.63, 3.8) is 0 Å². The standard InChI is InChI=1S/C20H25N5O4/c1-14(2)24-13-21-22-20(24)16-5-4-10-23(12-16)17-8-6-15(7-9-19(26)29-3)11-18(17)25(27)28/h6-9,11,13-14,16H,4-5,10,12H2,1-3H3/b9-7+. The van der Waals surface area contributed by atoms with Crippen molar-refractivity contribution in [3.05, 3.63) is 52.1 Å². The Kier molecular flexibility index (Phi) is 6.26. The minimum Gasteiger partial charge on any atom is -0.466 e. The fraction of sp³-hybridized carbons (Fsp3) is 0.450. The Morgan fingerprint density at radius 2 is 2.21 bits per heavy atom. The van der Waals surface area contributed by atoms with Crippen LogP contribution in [0.25, 0.3) is 6.08 Å². The number of nitro groups is 1. The van der Waals surface area contributed by atoms with Gasteiger partial charge in [0.1, 0.15) is 17.8 Å². The Morgan fingerprint density at radius 1 is 1.41 bits per heavy atom. The van der Waals surface area contributed by atoms with Gasteiger partial charge in [0, 0.05) is 37.2 Å². The molecule has 0 amide bonds. The van der Waals surface area contributed by atoms with Gasteiger partial charge in [-0.3, -0.25) is 10.1 Å². The second-order valence-corrected chi connectivity index (χ2v) is 7.34. The number of nitro benzene ring substituents is 1. The van der Waals surface area contributed by atoms with E-state index >= 15 is 0 Å². The van der Waals surface area contributed by atoms with Crippen LogP contribution in [0.15, 0.2) is 30.6 Å². The van der Waals surface area contributed by atoms with E-state index in [9.17, 15) is 14.9 Å². The van der Waals surface area contributed by atoms with Crippen LogP contribution in [-0.4, -0.2) is 45.9 Å². The molecule has 9 heteroatoms. The average molecular weight is 399 g/mol. The Bertz CT molecular complexity index is 921. The predicted octanol–water partition coefficient (Wildman–Crippen LogP) is 3.34. The number of nitrogens with zero attached hydrogens (tertiary/aromatic N) is 5. The first-order chi connectivity index (χ1) is 13.9. The lowest BCUT2D eigenvalue weighted by Crippen LogP contribution is -2.36. The third kappa shape index (κ3) is 4.61. The normalized spacial score (nSPS) is 17.1. The number of ether oxygens (including phenoxy) is 1. The molecule has 0 radical (unpaired) electrons. The van der Waals surface area contributed by atoms with E-state index in [1.165, 1.54) is 25.3 Å². The first-order valence-electron chi connectivity index (χ1n) is 9.59. The third-order valence-corrected chi connectivity index (χ3v) is 5.09. The zero-order valence-electron chi connectivity index (χ0n) is 16.8. The van der Waals surface area contributed by atoms with Gasteiger partial charge in [-0.25, -0.2) is 4.79 Å². The van der Waals surface area contributed by atoms with Crippen LogP contribution in [0.1, 0.15) is 50.0 Å². The van der Waals surface area contributed by atoms with Gasteiger partial charge in [-0.2, -0.15) is 0 Å². The summed E-state index contributed by atoms with van der Waals surface area (Å²) < 4.78 is 6.62. The van der Waals surface area contributed by atoms with Crippen molar-refractivity contribution in [2.24, 2.45) is 0 Å². The Morgan fingerprint density at radius 3 is 2.90 bits per heavy atom. The SMILES string of the molecule is COC(=O)/C=C/c1ccc(N2CCCC(c3nncn3C(C)C)C2)c([N+](=O)[O-])c1. The highest BCUT2D eigenvalue weighted by Gasteiger charge is 2.29. The molecule has 1 fully saturated rings. The number of carbonyl (C=O) groups is 1. The molecule has 0 bridgehead atoms. The number of aromatic nitrogens is 3. The molecule has 2 heterocycles. The highest BCUT2D eigenvalue weighted by atomic mass is 16.6. The number of esters is 1. The Hall–Kier alpha value is -3.23. The topological polar surface area (TPSA) is 103 Å². The minimum absolute atomic E-state index is 0.0167. The van der Waals surface area contributed by atoms with Gasteiger partial charge in [0.05, 0.1) is 12.0 Å². The number of hydrogen-bond donors (Lipinski definition) is 0. The number of piperidine rings is 1. The van der Waals surface area contributed by atoms with Gasteiger partial charge in [0.15, 0.2) is 0 Å². The smallest absolute Gasteiger partial charge is 0.330 e. The molecule has 1 saturated heterocycles. The minimum atomic E-state index is -0.509. The van der Waals surface area contributed by atoms with Crippen molar-refractivity contribution < 1.29 is 14.5 Å². The lowest BCUT2D eigenvalue weighted by atomic mass is 9.96. The third-order valence-electron chi connectivity index (χ3n) is 5.09. The van der Waals surface area contributed by atoms with Gasteiger partial charge < -0.3 is 14.2 Å². The molecule has 3 rings (SSSR count). The van der Waals surface area contributed by atoms with Crippen molar-refractivity contribution in [2.75, 3.05) is 25.1 Å². The number of anilines is 1. The van der Waals surface area contributed by atoms with Gasteiger partial charge in [0.25, 0.3) is 5.69 Å². The number of hydrogen-bond acceptors (Lipinski definition) is 7. The van der Waals surface area contributed by atoms with E-state index < -0.39 is 5.97 Å². The van der Waals surface area contributed by atoms with Crippen molar-refractivity contribution in [3.8, 4) is 0 Å². The van der Waals surface area contributed by atoms with Crippen LogP contribution in [0.5, 0.6) is 0 Å². The quantitative estimate of drug-likeness (QED) is 0.318. The maximum Gasteiger partial charge on any atom is 0.330 e. The molecule has 2 aromatic rings. The molecule has 29 heavy (non-hydrogen) atoms. The molecular formula is C20H25N5O4. The van der Waals surface area contributed by atoms with E-state index in [0.29, 0.717) is 17.8 Å². The molecule has 1 aliphatic rings. The summed E-state index contributed by atoms with van der Waals surface area (Å²) in [5.74, 6) is 0.571. The summed E-state index contributed by atoms with van der Waals surface area (Å²) in [6.07, 6.45) is 6.37. The summed E-state index contributed by atoms with van der Waals surface area (Å²) in [6, 6.07) is 5.24. The molecule has 1 aromatic heterocycles. The van der Waals surface area contributed by atoms with E-state index in [4.69, 9.17) is 0 Å². The van der Waals surface area contributed by atoms with E-state index in [-0.39, 0.29) is 22.6 Å². The molecule has 0 aliphatic carbocycles. The number of benzene rings is 1. The largest absolute Gasteiger partial charge is 0.466 e. The zero-order valence-corrected chi connectivity index (χ0v) is 16.8. The molecule has 1 unspecified atom stereocenters. The van der Waals surface area contributed by atoms with Crippen LogP contribution in [-0.2, 0) is 9.53 Å². The maximum atomic E-state index is 11.7. The highest BCUT2D eigenvalue weighted by molar-refractivity contribution is 5.87. The average Bonchev–Trinajstić information content (AvgIpc) is 3.22. The van der Waals surface area contributed by atoms with Gasteiger partial charge in [-0.1, -0.05) is 6.07 Å². The summed E-state index contributed by atoms with van der Waals surface area (Å²) in [7, 11) is 1.28. The molecule has 0 spiro atoms. The lowest BCUT2D eigenvalue weighted by Gasteiger charge is -2.34. The molecule has 1 atom stereocenters. The van der Waals surface area contributed by atoms with Gasteiger partial charge in [0.2, 0.25) is 0 Å². The van der Waals surface area contributed by atoms with Crippen LogP contribution in [0.3, 0.4) is 0 Å². The summed E-state index contributed by atoms with van der Waals surface area (Å²) in [5.41, 5.74) is 1.16. The molecule has 154 valence electrons. The second-order valence-electron chi connectivity index (χ2n) is 7.34. The summed E-state index contributed by atoms with van der Waals surface area (Å²) in [5, 5.41) is 20.1. The first-order valence-corrected chi connectivity index (χ1v) is 9.59. The summed E-state index contributed by atoms with van der Waals surface area (Å²) >= 11 is 0. The number of carbonyl (C=O) groups excluding carboxylic acids is 1. The Labute approximate surface area is 169 Å². The lowest BCUT2D eigenvalue weighted by molar-refractivity contribution is -0.384. The van der Waals surface area contributed by atoms with Crippen LogP contribution >= 0.6 is 0 Å². The van der Waals surface area contributed by atoms with E-state index in [1.807, 2.05) is 4.90 Å². The van der Waals surface area contributed by atoms with E-state index in [1.54, 1.807) is 18.5 Å². The number of methoxy groups -OCH3 is 1. The maximum absolute atomic E-state index is 11.7. The van der Waals surface area contributed by atoms with Crippen LogP contribution in [0.4, 0.5) is 11.4 Å². The molecule has 1 aliphatic heterocycles. The zero-order chi connectivity index (χ0) is 21.0. The van der Waals surface area contributed by atoms with Crippen LogP contribution in [0, 0.1) is 10.1 Å². The summed E-state index contributed by atoms with van der Waals surface area (Å²) in [4.78, 5) is 24.6. The monoisotopic (exact) mass is 399 g/mol. The summed E-state index contributed by atoms with van der Waals surface area (Å²) in [6.45, 7) is 5.55. The molecule has 1 aromatic carbocycles. The van der Waals surface area contributed by atoms with Crippen molar-refractivity contribution in [2.45, 2.75) is 38.6 Å². The predicted molar refractivity (Wildman–Crippen MR) is 109 cm³/mol. The van der Waals surface area contributed by atoms with E-state index in [0.717, 1.165) is 25.2 Å². The fourth-order valence-electron chi connectivity index (χ4n) is 3.64. The van der Waals surface area contributed by atoms with Crippen molar-refractivity contribution >= 4 is 23.4 Å². The van der Waals surface area contributed by atoms with Crippen molar-refractivity contribution in [1.82, 2.24) is 14.8 Å². The number of rotatable bonds is 6. The van der Waals surface area contributed by atoms with Crippen molar-refractivity contribution in [1.29, 1.82) is 0 Å². The molecule has 0 saturated carbocycles. The fourth-order valence-corrected chi connectivity index (χ4v) is 3.64. The molecule has 9 nitrogen and oxygen atoms in total. The van der Waals surface area contributed by atoms with Gasteiger partial charge >= 0.3 is 5.97 Å². The highest BCUT2D eigenvalue weighted by Crippen LogP contribution is 2.35. The Balaban J connectivity index is 1.87. The van der Waals surface area contributed by atoms with E-state index in [2.05, 4.69) is 33.3 Å². The van der Waals surface area contributed by atoms with Gasteiger partial charge in [-0.05, 0) is 44.4 Å². The van der Waals surface area contributed by atoms with Gasteiger partial charge in [-0.15, -0.1) is 10.2 Å². The van der Waals surface area contributed by atoms with Crippen LogP contribution < -0.4 is 4.90 Å². The molecule has 0 N–H and O–H groups in total. The second kappa shape index (κ2) is 8.85. The molecular weight excluding hydrogens is 374 g/mol. The first kappa shape index (κ1) is 20.5.